The molecule has 0 rings (SSSR count). The maximum atomic E-state index is 10.1. The van der Waals surface area contributed by atoms with E-state index in [2.05, 4.69) is 0 Å². The summed E-state index contributed by atoms with van der Waals surface area (Å²) in [6.07, 6.45) is -1.26. The third kappa shape index (κ3) is 3.79. The van der Waals surface area contributed by atoms with Crippen molar-refractivity contribution in [2.45, 2.75) is 25.5 Å². The highest BCUT2D eigenvalue weighted by molar-refractivity contribution is 5.65. The van der Waals surface area contributed by atoms with Crippen molar-refractivity contribution < 1.29 is 20.1 Å². The second-order valence-corrected chi connectivity index (χ2v) is 2.84. The lowest BCUT2D eigenvalue weighted by Crippen LogP contribution is -2.51. The van der Waals surface area contributed by atoms with E-state index < -0.39 is 24.3 Å². The Labute approximate surface area is 64.7 Å². The Morgan fingerprint density at radius 1 is 1.64 bits per heavy atom. The Morgan fingerprint density at radius 2 is 2.09 bits per heavy atom. The molecular weight excluding hydrogens is 150 g/mol. The SMILES string of the molecule is CC(C)(O)[C@H](CO)NC(=O)O. The van der Waals surface area contributed by atoms with Gasteiger partial charge in [0, 0.05) is 0 Å². The first-order chi connectivity index (χ1) is 4.88. The molecule has 0 heterocycles. The van der Waals surface area contributed by atoms with Crippen LogP contribution in [0.2, 0.25) is 0 Å². The van der Waals surface area contributed by atoms with Gasteiger partial charge < -0.3 is 20.6 Å². The molecule has 0 saturated heterocycles. The second kappa shape index (κ2) is 3.54. The molecule has 0 aromatic heterocycles. The van der Waals surface area contributed by atoms with Crippen molar-refractivity contribution in [2.24, 2.45) is 0 Å². The third-order valence-corrected chi connectivity index (χ3v) is 1.33. The van der Waals surface area contributed by atoms with Gasteiger partial charge in [-0.25, -0.2) is 4.79 Å². The van der Waals surface area contributed by atoms with Crippen LogP contribution in [0.1, 0.15) is 13.8 Å². The molecule has 4 N–H and O–H groups in total. The molecular formula is C6H13NO4. The summed E-state index contributed by atoms with van der Waals surface area (Å²) < 4.78 is 0. The molecule has 0 saturated carbocycles. The summed E-state index contributed by atoms with van der Waals surface area (Å²) in [4.78, 5) is 10.1. The van der Waals surface area contributed by atoms with Gasteiger partial charge in [-0.1, -0.05) is 0 Å². The summed E-state index contributed by atoms with van der Waals surface area (Å²) in [5.74, 6) is 0. The molecule has 0 aliphatic heterocycles. The van der Waals surface area contributed by atoms with Gasteiger partial charge in [0.2, 0.25) is 0 Å². The molecule has 1 atom stereocenters. The van der Waals surface area contributed by atoms with Crippen LogP contribution in [0, 0.1) is 0 Å². The van der Waals surface area contributed by atoms with E-state index in [4.69, 9.17) is 10.2 Å². The number of hydrogen-bond acceptors (Lipinski definition) is 3. The van der Waals surface area contributed by atoms with E-state index in [-0.39, 0.29) is 0 Å². The van der Waals surface area contributed by atoms with Crippen molar-refractivity contribution in [3.8, 4) is 0 Å². The molecule has 0 spiro atoms. The molecule has 0 aliphatic rings. The fourth-order valence-electron chi connectivity index (χ4n) is 0.595. The van der Waals surface area contributed by atoms with E-state index in [1.807, 2.05) is 5.32 Å². The number of aliphatic hydroxyl groups is 2. The first kappa shape index (κ1) is 10.2. The summed E-state index contributed by atoms with van der Waals surface area (Å²) in [6.45, 7) is 2.42. The predicted molar refractivity (Wildman–Crippen MR) is 38.3 cm³/mol. The molecule has 0 bridgehead atoms. The van der Waals surface area contributed by atoms with Crippen molar-refractivity contribution in [1.82, 2.24) is 5.32 Å². The normalized spacial score (nSPS) is 14.2. The Hall–Kier alpha value is -0.810. The fourth-order valence-corrected chi connectivity index (χ4v) is 0.595. The quantitative estimate of drug-likeness (QED) is 0.446. The van der Waals surface area contributed by atoms with Crippen molar-refractivity contribution in [3.05, 3.63) is 0 Å². The van der Waals surface area contributed by atoms with Crippen LogP contribution in [0.15, 0.2) is 0 Å². The van der Waals surface area contributed by atoms with E-state index >= 15 is 0 Å². The van der Waals surface area contributed by atoms with Gasteiger partial charge in [-0.2, -0.15) is 0 Å². The van der Waals surface area contributed by atoms with E-state index in [1.54, 1.807) is 0 Å². The molecule has 66 valence electrons. The second-order valence-electron chi connectivity index (χ2n) is 2.84. The van der Waals surface area contributed by atoms with Gasteiger partial charge in [0.1, 0.15) is 0 Å². The number of carboxylic acid groups (broad SMARTS) is 1. The summed E-state index contributed by atoms with van der Waals surface area (Å²) in [7, 11) is 0. The minimum absolute atomic E-state index is 0.421. The van der Waals surface area contributed by atoms with Crippen molar-refractivity contribution >= 4 is 6.09 Å². The van der Waals surface area contributed by atoms with Crippen LogP contribution in [0.4, 0.5) is 4.79 Å². The van der Waals surface area contributed by atoms with Crippen LogP contribution in [0.3, 0.4) is 0 Å². The number of hydrogen-bond donors (Lipinski definition) is 4. The third-order valence-electron chi connectivity index (χ3n) is 1.33. The summed E-state index contributed by atoms with van der Waals surface area (Å²) in [5.41, 5.74) is -1.24. The molecule has 0 aromatic carbocycles. The molecule has 1 amide bonds. The van der Waals surface area contributed by atoms with Crippen LogP contribution in [0.5, 0.6) is 0 Å². The van der Waals surface area contributed by atoms with Crippen molar-refractivity contribution in [2.75, 3.05) is 6.61 Å². The van der Waals surface area contributed by atoms with Crippen LogP contribution in [0.25, 0.3) is 0 Å². The van der Waals surface area contributed by atoms with Crippen LogP contribution < -0.4 is 5.32 Å². The van der Waals surface area contributed by atoms with Gasteiger partial charge in [0.15, 0.2) is 0 Å². The van der Waals surface area contributed by atoms with E-state index in [0.29, 0.717) is 0 Å². The smallest absolute Gasteiger partial charge is 0.405 e. The van der Waals surface area contributed by atoms with Gasteiger partial charge in [-0.15, -0.1) is 0 Å². The topological polar surface area (TPSA) is 89.8 Å². The van der Waals surface area contributed by atoms with E-state index in [1.165, 1.54) is 13.8 Å². The Kier molecular flexibility index (Phi) is 3.28. The molecule has 5 heteroatoms. The molecule has 5 nitrogen and oxygen atoms in total. The standard InChI is InChI=1S/C6H13NO4/c1-6(2,11)4(3-8)7-5(9)10/h4,7-8,11H,3H2,1-2H3,(H,9,10)/t4-/m0/s1. The number of aliphatic hydroxyl groups excluding tert-OH is 1. The lowest BCUT2D eigenvalue weighted by molar-refractivity contribution is 0.0157. The van der Waals surface area contributed by atoms with Gasteiger partial charge in [-0.05, 0) is 13.8 Å². The first-order valence-corrected chi connectivity index (χ1v) is 3.20. The van der Waals surface area contributed by atoms with Crippen LogP contribution >= 0.6 is 0 Å². The average molecular weight is 163 g/mol. The fraction of sp³-hybridized carbons (Fsp3) is 0.833. The van der Waals surface area contributed by atoms with Crippen LogP contribution in [-0.2, 0) is 0 Å². The van der Waals surface area contributed by atoms with E-state index in [9.17, 15) is 9.90 Å². The number of nitrogens with one attached hydrogen (secondary N) is 1. The Bertz CT molecular complexity index is 140. The van der Waals surface area contributed by atoms with Gasteiger partial charge in [0.25, 0.3) is 0 Å². The highest BCUT2D eigenvalue weighted by Crippen LogP contribution is 2.07. The monoisotopic (exact) mass is 163 g/mol. The molecule has 0 aromatic rings. The number of rotatable bonds is 3. The maximum Gasteiger partial charge on any atom is 0.405 e. The summed E-state index contributed by atoms with van der Waals surface area (Å²) >= 11 is 0. The summed E-state index contributed by atoms with van der Waals surface area (Å²) in [6, 6.07) is -0.847. The highest BCUT2D eigenvalue weighted by Gasteiger charge is 2.27. The molecule has 0 unspecified atom stereocenters. The lowest BCUT2D eigenvalue weighted by atomic mass is 10.0. The van der Waals surface area contributed by atoms with Crippen molar-refractivity contribution in [3.63, 3.8) is 0 Å². The zero-order chi connectivity index (χ0) is 9.07. The van der Waals surface area contributed by atoms with Gasteiger partial charge >= 0.3 is 6.09 Å². The predicted octanol–water partition coefficient (Wildman–Crippen LogP) is -0.614. The minimum Gasteiger partial charge on any atom is -0.465 e. The lowest BCUT2D eigenvalue weighted by Gasteiger charge is -2.26. The van der Waals surface area contributed by atoms with Crippen LogP contribution in [-0.4, -0.2) is 39.7 Å². The first-order valence-electron chi connectivity index (χ1n) is 3.20. The molecule has 0 aliphatic carbocycles. The number of amides is 1. The van der Waals surface area contributed by atoms with E-state index in [0.717, 1.165) is 0 Å². The minimum atomic E-state index is -1.26. The Balaban J connectivity index is 4.07. The average Bonchev–Trinajstić information content (AvgIpc) is 1.79. The zero-order valence-corrected chi connectivity index (χ0v) is 6.53. The summed E-state index contributed by atoms with van der Waals surface area (Å²) in [5, 5.41) is 28.1. The van der Waals surface area contributed by atoms with Crippen molar-refractivity contribution in [1.29, 1.82) is 0 Å². The zero-order valence-electron chi connectivity index (χ0n) is 6.53. The Morgan fingerprint density at radius 3 is 2.18 bits per heavy atom. The molecule has 0 fully saturated rings. The molecule has 11 heavy (non-hydrogen) atoms. The highest BCUT2D eigenvalue weighted by atomic mass is 16.4. The largest absolute Gasteiger partial charge is 0.465 e. The van der Waals surface area contributed by atoms with Gasteiger partial charge in [0.05, 0.1) is 18.2 Å². The molecule has 0 radical (unpaired) electrons. The maximum absolute atomic E-state index is 10.1. The van der Waals surface area contributed by atoms with Gasteiger partial charge in [-0.3, -0.25) is 0 Å². The number of carbonyl (C=O) groups is 1.